The van der Waals surface area contributed by atoms with Crippen molar-refractivity contribution in [1.29, 1.82) is 0 Å². The van der Waals surface area contributed by atoms with Crippen LogP contribution in [-0.4, -0.2) is 80.6 Å². The van der Waals surface area contributed by atoms with Gasteiger partial charge in [-0.15, -0.1) is 0 Å². The van der Waals surface area contributed by atoms with Gasteiger partial charge in [-0.2, -0.15) is 0 Å². The largest absolute Gasteiger partial charge is 0.480 e. The molecule has 4 amide bonds. The fourth-order valence-corrected chi connectivity index (χ4v) is 2.64. The molecule has 14 nitrogen and oxygen atoms in total. The van der Waals surface area contributed by atoms with Crippen molar-refractivity contribution in [1.82, 2.24) is 25.9 Å². The summed E-state index contributed by atoms with van der Waals surface area (Å²) in [6.45, 7) is 2.59. The number of carbonyl (C=O) groups excluding carboxylic acids is 4. The Morgan fingerprint density at radius 3 is 2.16 bits per heavy atom. The van der Waals surface area contributed by atoms with E-state index in [9.17, 15) is 29.1 Å². The van der Waals surface area contributed by atoms with Crippen LogP contribution in [0.1, 0.15) is 26.0 Å². The summed E-state index contributed by atoms with van der Waals surface area (Å²) >= 11 is 0. The summed E-state index contributed by atoms with van der Waals surface area (Å²) in [5.41, 5.74) is 11.0. The van der Waals surface area contributed by atoms with E-state index in [1.807, 2.05) is 0 Å². The Hall–Kier alpha value is -3.52. The lowest BCUT2D eigenvalue weighted by molar-refractivity contribution is -0.142. The quantitative estimate of drug-likeness (QED) is 0.146. The average molecular weight is 455 g/mol. The second-order valence-electron chi connectivity index (χ2n) is 7.43. The third kappa shape index (κ3) is 8.31. The van der Waals surface area contributed by atoms with E-state index in [1.54, 1.807) is 13.8 Å². The lowest BCUT2D eigenvalue weighted by Crippen LogP contribution is -2.59. The normalized spacial score (nSPS) is 14.7. The maximum atomic E-state index is 12.7. The number of H-pyrrole nitrogens is 1. The van der Waals surface area contributed by atoms with Gasteiger partial charge in [0.05, 0.1) is 19.4 Å². The highest BCUT2D eigenvalue weighted by molar-refractivity contribution is 5.96. The number of hydrogen-bond donors (Lipinski definition) is 8. The van der Waals surface area contributed by atoms with Gasteiger partial charge in [0.25, 0.3) is 0 Å². The molecule has 0 saturated carbocycles. The SMILES string of the molecule is CC(C)C(NC(=O)C(N)CO)C(=O)NC(CC(N)=O)C(=O)NC(Cc1cnc[nH]1)C(=O)O. The molecule has 32 heavy (non-hydrogen) atoms. The van der Waals surface area contributed by atoms with Crippen molar-refractivity contribution < 1.29 is 34.2 Å². The van der Waals surface area contributed by atoms with Crippen LogP contribution in [0.5, 0.6) is 0 Å². The van der Waals surface area contributed by atoms with Crippen LogP contribution in [-0.2, 0) is 30.4 Å². The highest BCUT2D eigenvalue weighted by Crippen LogP contribution is 2.05. The summed E-state index contributed by atoms with van der Waals surface area (Å²) in [5, 5.41) is 25.3. The van der Waals surface area contributed by atoms with Gasteiger partial charge in [0.2, 0.25) is 23.6 Å². The molecule has 4 atom stereocenters. The highest BCUT2D eigenvalue weighted by atomic mass is 16.4. The minimum atomic E-state index is -1.49. The molecule has 1 aromatic heterocycles. The molecule has 10 N–H and O–H groups in total. The number of nitrogens with zero attached hydrogens (tertiary/aromatic N) is 1. The molecule has 0 bridgehead atoms. The van der Waals surface area contributed by atoms with E-state index in [0.717, 1.165) is 0 Å². The first-order valence-electron chi connectivity index (χ1n) is 9.72. The zero-order chi connectivity index (χ0) is 24.4. The topological polar surface area (TPSA) is 243 Å². The van der Waals surface area contributed by atoms with E-state index < -0.39 is 72.7 Å². The number of aliphatic carboxylic acids is 1. The Labute approximate surface area is 183 Å². The molecule has 0 radical (unpaired) electrons. The molecule has 0 aliphatic carbocycles. The molecule has 0 spiro atoms. The molecule has 14 heteroatoms. The third-order valence-electron chi connectivity index (χ3n) is 4.41. The van der Waals surface area contributed by atoms with Crippen molar-refractivity contribution in [2.24, 2.45) is 17.4 Å². The lowest BCUT2D eigenvalue weighted by Gasteiger charge is -2.26. The predicted molar refractivity (Wildman–Crippen MR) is 109 cm³/mol. The summed E-state index contributed by atoms with van der Waals surface area (Å²) in [7, 11) is 0. The Kier molecular flexibility index (Phi) is 10.2. The standard InChI is InChI=1S/C18H29N7O7/c1-8(2)14(25-15(28)10(19)6-26)17(30)23-11(4-13(20)27)16(29)24-12(18(31)32)3-9-5-21-7-22-9/h5,7-8,10-12,14,26H,3-4,6,19H2,1-2H3,(H2,20,27)(H,21,22)(H,23,30)(H,24,29)(H,25,28)(H,31,32). The zero-order valence-electron chi connectivity index (χ0n) is 17.7. The lowest BCUT2D eigenvalue weighted by atomic mass is 10.0. The first-order chi connectivity index (χ1) is 15.0. The Morgan fingerprint density at radius 2 is 1.69 bits per heavy atom. The van der Waals surface area contributed by atoms with Gasteiger partial charge in [0.15, 0.2) is 0 Å². The number of carboxylic acids is 1. The fourth-order valence-electron chi connectivity index (χ4n) is 2.64. The molecular formula is C18H29N7O7. The smallest absolute Gasteiger partial charge is 0.326 e. The van der Waals surface area contributed by atoms with Crippen molar-refractivity contribution in [3.63, 3.8) is 0 Å². The third-order valence-corrected chi connectivity index (χ3v) is 4.41. The molecule has 1 aromatic rings. The monoisotopic (exact) mass is 455 g/mol. The maximum absolute atomic E-state index is 12.7. The second kappa shape index (κ2) is 12.4. The van der Waals surface area contributed by atoms with Crippen LogP contribution in [0.25, 0.3) is 0 Å². The predicted octanol–water partition coefficient (Wildman–Crippen LogP) is -3.66. The molecule has 0 aliphatic rings. The number of hydrogen-bond acceptors (Lipinski definition) is 8. The molecule has 1 heterocycles. The highest BCUT2D eigenvalue weighted by Gasteiger charge is 2.32. The van der Waals surface area contributed by atoms with Crippen LogP contribution < -0.4 is 27.4 Å². The van der Waals surface area contributed by atoms with Gasteiger partial charge >= 0.3 is 5.97 Å². The van der Waals surface area contributed by atoms with E-state index >= 15 is 0 Å². The van der Waals surface area contributed by atoms with Crippen LogP contribution in [0.3, 0.4) is 0 Å². The van der Waals surface area contributed by atoms with E-state index in [1.165, 1.54) is 12.5 Å². The Morgan fingerprint density at radius 1 is 1.06 bits per heavy atom. The van der Waals surface area contributed by atoms with Crippen LogP contribution in [0.4, 0.5) is 0 Å². The van der Waals surface area contributed by atoms with Gasteiger partial charge in [-0.05, 0) is 5.92 Å². The van der Waals surface area contributed by atoms with Crippen molar-refractivity contribution in [3.05, 3.63) is 18.2 Å². The summed E-state index contributed by atoms with van der Waals surface area (Å²) in [6.07, 6.45) is 2.00. The Balaban J connectivity index is 2.95. The van der Waals surface area contributed by atoms with E-state index in [-0.39, 0.29) is 6.42 Å². The first kappa shape index (κ1) is 26.5. The number of carbonyl (C=O) groups is 5. The number of nitrogens with one attached hydrogen (secondary N) is 4. The molecule has 1 rings (SSSR count). The van der Waals surface area contributed by atoms with Crippen molar-refractivity contribution in [2.45, 2.75) is 50.9 Å². The number of aromatic amines is 1. The first-order valence-corrected chi connectivity index (χ1v) is 9.72. The molecule has 0 fully saturated rings. The number of aromatic nitrogens is 2. The molecular weight excluding hydrogens is 426 g/mol. The molecule has 0 aromatic carbocycles. The summed E-state index contributed by atoms with van der Waals surface area (Å²) in [4.78, 5) is 66.8. The van der Waals surface area contributed by atoms with Crippen molar-refractivity contribution in [3.8, 4) is 0 Å². The van der Waals surface area contributed by atoms with Gasteiger partial charge in [-0.25, -0.2) is 9.78 Å². The van der Waals surface area contributed by atoms with E-state index in [0.29, 0.717) is 5.69 Å². The summed E-state index contributed by atoms with van der Waals surface area (Å²) in [6, 6.07) is -5.28. The van der Waals surface area contributed by atoms with Crippen molar-refractivity contribution >= 4 is 29.6 Å². The van der Waals surface area contributed by atoms with Crippen LogP contribution in [0.2, 0.25) is 0 Å². The number of aliphatic hydroxyl groups excluding tert-OH is 1. The summed E-state index contributed by atoms with van der Waals surface area (Å²) < 4.78 is 0. The van der Waals surface area contributed by atoms with E-state index in [4.69, 9.17) is 16.6 Å². The Bertz CT molecular complexity index is 813. The summed E-state index contributed by atoms with van der Waals surface area (Å²) in [5.74, 6) is -5.27. The van der Waals surface area contributed by atoms with Gasteiger partial charge in [0.1, 0.15) is 24.2 Å². The average Bonchev–Trinajstić information content (AvgIpc) is 3.22. The molecule has 0 aliphatic heterocycles. The number of amides is 4. The molecule has 178 valence electrons. The zero-order valence-corrected chi connectivity index (χ0v) is 17.7. The van der Waals surface area contributed by atoms with Gasteiger partial charge in [-0.3, -0.25) is 19.2 Å². The van der Waals surface area contributed by atoms with Gasteiger partial charge in [0, 0.05) is 18.3 Å². The number of aliphatic hydroxyl groups is 1. The number of nitrogens with two attached hydrogens (primary N) is 2. The molecule has 0 saturated heterocycles. The number of carboxylic acid groups (broad SMARTS) is 1. The minimum absolute atomic E-state index is 0.123. The van der Waals surface area contributed by atoms with Gasteiger partial charge < -0.3 is 42.6 Å². The van der Waals surface area contributed by atoms with Crippen LogP contribution in [0, 0.1) is 5.92 Å². The number of imidazole rings is 1. The number of primary amides is 1. The molecule has 4 unspecified atom stereocenters. The van der Waals surface area contributed by atoms with Crippen LogP contribution in [0.15, 0.2) is 12.5 Å². The minimum Gasteiger partial charge on any atom is -0.480 e. The van der Waals surface area contributed by atoms with E-state index in [2.05, 4.69) is 25.9 Å². The van der Waals surface area contributed by atoms with Crippen LogP contribution >= 0.6 is 0 Å². The van der Waals surface area contributed by atoms with Crippen molar-refractivity contribution in [2.75, 3.05) is 6.61 Å². The van der Waals surface area contributed by atoms with Gasteiger partial charge in [-0.1, -0.05) is 13.8 Å². The number of rotatable bonds is 13. The maximum Gasteiger partial charge on any atom is 0.326 e. The second-order valence-corrected chi connectivity index (χ2v) is 7.43. The fraction of sp³-hybridized carbons (Fsp3) is 0.556.